The fraction of sp³-hybridized carbons (Fsp3) is 0.600. The largest absolute Gasteiger partial charge is 0.396 e. The summed E-state index contributed by atoms with van der Waals surface area (Å²) in [5.74, 6) is -0.191. The fourth-order valence-electron chi connectivity index (χ4n) is 3.49. The molecule has 2 nitrogen and oxygen atoms in total. The van der Waals surface area contributed by atoms with Crippen LogP contribution in [0.1, 0.15) is 36.4 Å². The maximum atomic E-state index is 14.0. The highest BCUT2D eigenvalue weighted by atomic mass is 19.1. The van der Waals surface area contributed by atoms with Crippen molar-refractivity contribution in [2.75, 3.05) is 13.7 Å². The molecule has 1 aromatic carbocycles. The maximum absolute atomic E-state index is 14.0. The monoisotopic (exact) mass is 267 g/mol. The molecule has 0 saturated heterocycles. The summed E-state index contributed by atoms with van der Waals surface area (Å²) >= 11 is 0. The zero-order valence-electron chi connectivity index (χ0n) is 11.1. The van der Waals surface area contributed by atoms with Crippen LogP contribution in [0.2, 0.25) is 0 Å². The first-order valence-corrected chi connectivity index (χ1v) is 6.91. The molecule has 0 radical (unpaired) electrons. The van der Waals surface area contributed by atoms with E-state index in [0.717, 1.165) is 19.3 Å². The highest BCUT2D eigenvalue weighted by Crippen LogP contribution is 2.42. The second-order valence-corrected chi connectivity index (χ2v) is 5.82. The topological polar surface area (TPSA) is 23.5 Å². The lowest BCUT2D eigenvalue weighted by molar-refractivity contribution is 0.0354. The van der Waals surface area contributed by atoms with Gasteiger partial charge < -0.3 is 5.11 Å². The smallest absolute Gasteiger partial charge is 0.128 e. The standard InChI is InChI=1S/C15H19F2NO/c1-18(10-6-9(7-10)8-19)14-5-2-11-12(16)3-4-13(17)15(11)14/h3-4,9-10,14,19H,2,5-8H2,1H3. The van der Waals surface area contributed by atoms with E-state index in [4.69, 9.17) is 5.11 Å². The van der Waals surface area contributed by atoms with Gasteiger partial charge in [0.25, 0.3) is 0 Å². The van der Waals surface area contributed by atoms with Crippen LogP contribution < -0.4 is 0 Å². The number of hydrogen-bond acceptors (Lipinski definition) is 2. The van der Waals surface area contributed by atoms with Crippen LogP contribution in [0, 0.1) is 17.6 Å². The Morgan fingerprint density at radius 1 is 1.26 bits per heavy atom. The number of halogens is 2. The van der Waals surface area contributed by atoms with Crippen molar-refractivity contribution in [1.82, 2.24) is 4.90 Å². The molecule has 3 rings (SSSR count). The van der Waals surface area contributed by atoms with Gasteiger partial charge in [-0.2, -0.15) is 0 Å². The van der Waals surface area contributed by atoms with Gasteiger partial charge in [-0.3, -0.25) is 4.90 Å². The molecule has 1 atom stereocenters. The van der Waals surface area contributed by atoms with E-state index in [1.165, 1.54) is 12.1 Å². The average Bonchev–Trinajstić information content (AvgIpc) is 2.78. The van der Waals surface area contributed by atoms with E-state index in [9.17, 15) is 8.78 Å². The van der Waals surface area contributed by atoms with Crippen molar-refractivity contribution in [3.05, 3.63) is 34.9 Å². The molecule has 0 bridgehead atoms. The normalized spacial score (nSPS) is 29.4. The molecule has 1 N–H and O–H groups in total. The van der Waals surface area contributed by atoms with Crippen molar-refractivity contribution in [2.45, 2.75) is 37.8 Å². The summed E-state index contributed by atoms with van der Waals surface area (Å²) in [6.07, 6.45) is 3.31. The number of hydrogen-bond donors (Lipinski definition) is 1. The molecule has 0 heterocycles. The van der Waals surface area contributed by atoms with Crippen LogP contribution in [0.4, 0.5) is 8.78 Å². The summed E-state index contributed by atoms with van der Waals surface area (Å²) in [7, 11) is 1.99. The molecule has 2 aliphatic rings. The van der Waals surface area contributed by atoms with Gasteiger partial charge in [0.1, 0.15) is 11.6 Å². The summed E-state index contributed by atoms with van der Waals surface area (Å²) in [6.45, 7) is 0.231. The highest BCUT2D eigenvalue weighted by molar-refractivity contribution is 5.37. The van der Waals surface area contributed by atoms with Crippen LogP contribution >= 0.6 is 0 Å². The first-order chi connectivity index (χ1) is 9.11. The predicted molar refractivity (Wildman–Crippen MR) is 68.8 cm³/mol. The number of rotatable bonds is 3. The number of benzene rings is 1. The van der Waals surface area contributed by atoms with Gasteiger partial charge in [-0.05, 0) is 56.3 Å². The summed E-state index contributed by atoms with van der Waals surface area (Å²) in [6, 6.07) is 2.82. The van der Waals surface area contributed by atoms with E-state index in [1.54, 1.807) is 0 Å². The third-order valence-electron chi connectivity index (χ3n) is 4.78. The molecule has 0 amide bonds. The van der Waals surface area contributed by atoms with Crippen LogP contribution in [0.15, 0.2) is 12.1 Å². The SMILES string of the molecule is CN(C1CC(CO)C1)C1CCc2c(F)ccc(F)c21. The molecule has 0 aliphatic heterocycles. The van der Waals surface area contributed by atoms with Gasteiger partial charge in [-0.1, -0.05) is 0 Å². The van der Waals surface area contributed by atoms with E-state index in [1.807, 2.05) is 7.05 Å². The number of aliphatic hydroxyl groups excluding tert-OH is 1. The zero-order valence-corrected chi connectivity index (χ0v) is 11.1. The van der Waals surface area contributed by atoms with Crippen LogP contribution in [0.3, 0.4) is 0 Å². The van der Waals surface area contributed by atoms with Gasteiger partial charge in [0.2, 0.25) is 0 Å². The predicted octanol–water partition coefficient (Wildman–Crippen LogP) is 2.65. The molecule has 0 spiro atoms. The summed E-state index contributed by atoms with van der Waals surface area (Å²) < 4.78 is 27.7. The Hall–Kier alpha value is -1.00. The van der Waals surface area contributed by atoms with Crippen LogP contribution in [-0.2, 0) is 6.42 Å². The Bertz CT molecular complexity index is 485. The Balaban J connectivity index is 1.81. The maximum Gasteiger partial charge on any atom is 0.128 e. The van der Waals surface area contributed by atoms with Gasteiger partial charge in [0, 0.05) is 24.3 Å². The lowest BCUT2D eigenvalue weighted by atomic mass is 9.79. The van der Waals surface area contributed by atoms with Gasteiger partial charge >= 0.3 is 0 Å². The molecule has 19 heavy (non-hydrogen) atoms. The molecule has 4 heteroatoms. The van der Waals surface area contributed by atoms with Crippen LogP contribution in [0.5, 0.6) is 0 Å². The Morgan fingerprint density at radius 3 is 2.63 bits per heavy atom. The lowest BCUT2D eigenvalue weighted by Gasteiger charge is -2.43. The highest BCUT2D eigenvalue weighted by Gasteiger charge is 2.38. The lowest BCUT2D eigenvalue weighted by Crippen LogP contribution is -2.45. The molecule has 1 saturated carbocycles. The molecular weight excluding hydrogens is 248 g/mol. The number of fused-ring (bicyclic) bond motifs is 1. The van der Waals surface area contributed by atoms with Crippen LogP contribution in [-0.4, -0.2) is 29.7 Å². The third kappa shape index (κ3) is 2.07. The van der Waals surface area contributed by atoms with Gasteiger partial charge in [0.15, 0.2) is 0 Å². The minimum atomic E-state index is -0.288. The Labute approximate surface area is 112 Å². The van der Waals surface area contributed by atoms with E-state index in [0.29, 0.717) is 29.5 Å². The third-order valence-corrected chi connectivity index (χ3v) is 4.78. The van der Waals surface area contributed by atoms with E-state index < -0.39 is 0 Å². The second kappa shape index (κ2) is 4.84. The first kappa shape index (κ1) is 13.0. The fourth-order valence-corrected chi connectivity index (χ4v) is 3.49. The molecule has 1 fully saturated rings. The average molecular weight is 267 g/mol. The molecule has 104 valence electrons. The molecule has 1 aromatic rings. The summed E-state index contributed by atoms with van der Waals surface area (Å²) in [4.78, 5) is 2.17. The number of aliphatic hydroxyl groups is 1. The minimum Gasteiger partial charge on any atom is -0.396 e. The molecule has 0 aromatic heterocycles. The Kier molecular flexibility index (Phi) is 3.31. The second-order valence-electron chi connectivity index (χ2n) is 5.82. The van der Waals surface area contributed by atoms with Gasteiger partial charge in [-0.25, -0.2) is 8.78 Å². The van der Waals surface area contributed by atoms with Crippen molar-refractivity contribution in [1.29, 1.82) is 0 Å². The Morgan fingerprint density at radius 2 is 1.95 bits per heavy atom. The quantitative estimate of drug-likeness (QED) is 0.910. The minimum absolute atomic E-state index is 0.0182. The molecule has 2 aliphatic carbocycles. The van der Waals surface area contributed by atoms with Crippen molar-refractivity contribution >= 4 is 0 Å². The van der Waals surface area contributed by atoms with Crippen molar-refractivity contribution in [2.24, 2.45) is 5.92 Å². The van der Waals surface area contributed by atoms with Crippen molar-refractivity contribution < 1.29 is 13.9 Å². The van der Waals surface area contributed by atoms with Gasteiger partial charge in [0.05, 0.1) is 0 Å². The molecular formula is C15H19F2NO. The van der Waals surface area contributed by atoms with Crippen molar-refractivity contribution in [3.8, 4) is 0 Å². The summed E-state index contributed by atoms with van der Waals surface area (Å²) in [5.41, 5.74) is 1.10. The van der Waals surface area contributed by atoms with E-state index in [-0.39, 0.29) is 24.3 Å². The van der Waals surface area contributed by atoms with Crippen molar-refractivity contribution in [3.63, 3.8) is 0 Å². The van der Waals surface area contributed by atoms with Gasteiger partial charge in [-0.15, -0.1) is 0 Å². The first-order valence-electron chi connectivity index (χ1n) is 6.91. The van der Waals surface area contributed by atoms with Crippen LogP contribution in [0.25, 0.3) is 0 Å². The summed E-state index contributed by atoms with van der Waals surface area (Å²) in [5, 5.41) is 9.06. The zero-order chi connectivity index (χ0) is 13.6. The van der Waals surface area contributed by atoms with E-state index >= 15 is 0 Å². The van der Waals surface area contributed by atoms with E-state index in [2.05, 4.69) is 4.90 Å². The molecule has 1 unspecified atom stereocenters. The number of nitrogens with zero attached hydrogens (tertiary/aromatic N) is 1.